The predicted octanol–water partition coefficient (Wildman–Crippen LogP) is 0.701. The first kappa shape index (κ1) is 11.0. The van der Waals surface area contributed by atoms with E-state index in [0.717, 1.165) is 6.42 Å². The normalized spacial score (nSPS) is 20.1. The Labute approximate surface area is 83.4 Å². The molecular formula is C9H16N2O3. The number of carbonyl (C=O) groups excluding carboxylic acids is 2. The summed E-state index contributed by atoms with van der Waals surface area (Å²) in [5, 5.41) is 2.25. The molecule has 1 fully saturated rings. The fraction of sp³-hybridized carbons (Fsp3) is 0.778. The average Bonchev–Trinajstić information content (AvgIpc) is 2.28. The van der Waals surface area contributed by atoms with Gasteiger partial charge in [0.15, 0.2) is 0 Å². The van der Waals surface area contributed by atoms with Crippen LogP contribution in [0.2, 0.25) is 0 Å². The second-order valence-electron chi connectivity index (χ2n) is 3.78. The van der Waals surface area contributed by atoms with Crippen molar-refractivity contribution in [2.24, 2.45) is 0 Å². The highest BCUT2D eigenvalue weighted by Crippen LogP contribution is 2.20. The summed E-state index contributed by atoms with van der Waals surface area (Å²) in [7, 11) is 0. The van der Waals surface area contributed by atoms with Gasteiger partial charge in [-0.3, -0.25) is 15.0 Å². The highest BCUT2D eigenvalue weighted by Gasteiger charge is 2.45. The molecule has 1 aliphatic rings. The standard InChI is InChI=1S/C9H16N2O3/c1-4-5-14-6-11-8(13)10-7(12)9(11,2)3/h4-6H2,1-3H3,(H,10,12,13). The second-order valence-corrected chi connectivity index (χ2v) is 3.78. The first-order valence-corrected chi connectivity index (χ1v) is 4.71. The summed E-state index contributed by atoms with van der Waals surface area (Å²) in [6, 6.07) is -0.379. The molecule has 1 saturated heterocycles. The van der Waals surface area contributed by atoms with Crippen LogP contribution in [0.3, 0.4) is 0 Å². The number of imide groups is 1. The lowest BCUT2D eigenvalue weighted by atomic mass is 10.1. The van der Waals surface area contributed by atoms with Crippen molar-refractivity contribution in [1.29, 1.82) is 0 Å². The molecule has 1 aliphatic heterocycles. The fourth-order valence-electron chi connectivity index (χ4n) is 1.21. The van der Waals surface area contributed by atoms with Crippen LogP contribution in [0.1, 0.15) is 27.2 Å². The smallest absolute Gasteiger partial charge is 0.326 e. The average molecular weight is 200 g/mol. The summed E-state index contributed by atoms with van der Waals surface area (Å²) < 4.78 is 5.23. The zero-order valence-electron chi connectivity index (χ0n) is 8.79. The van der Waals surface area contributed by atoms with Crippen molar-refractivity contribution in [3.63, 3.8) is 0 Å². The number of nitrogens with one attached hydrogen (secondary N) is 1. The molecule has 0 bridgehead atoms. The van der Waals surface area contributed by atoms with Crippen molar-refractivity contribution in [2.75, 3.05) is 13.3 Å². The maximum absolute atomic E-state index is 11.3. The summed E-state index contributed by atoms with van der Waals surface area (Å²) in [5.41, 5.74) is -0.801. The minimum absolute atomic E-state index is 0.165. The van der Waals surface area contributed by atoms with Crippen molar-refractivity contribution in [3.8, 4) is 0 Å². The van der Waals surface area contributed by atoms with E-state index in [9.17, 15) is 9.59 Å². The number of carbonyl (C=O) groups is 2. The van der Waals surface area contributed by atoms with Crippen LogP contribution in [0.5, 0.6) is 0 Å². The molecule has 0 unspecified atom stereocenters. The van der Waals surface area contributed by atoms with E-state index in [0.29, 0.717) is 6.61 Å². The van der Waals surface area contributed by atoms with Crippen LogP contribution in [0.15, 0.2) is 0 Å². The van der Waals surface area contributed by atoms with Gasteiger partial charge in [0, 0.05) is 6.61 Å². The van der Waals surface area contributed by atoms with E-state index in [2.05, 4.69) is 5.32 Å². The third kappa shape index (κ3) is 1.87. The van der Waals surface area contributed by atoms with Crippen molar-refractivity contribution < 1.29 is 14.3 Å². The Morgan fingerprint density at radius 1 is 1.43 bits per heavy atom. The summed E-state index contributed by atoms with van der Waals surface area (Å²) in [6.07, 6.45) is 0.893. The highest BCUT2D eigenvalue weighted by molar-refractivity contribution is 6.06. The van der Waals surface area contributed by atoms with E-state index >= 15 is 0 Å². The quantitative estimate of drug-likeness (QED) is 0.537. The van der Waals surface area contributed by atoms with E-state index < -0.39 is 5.54 Å². The SMILES string of the molecule is CCCOCN1C(=O)NC(=O)C1(C)C. The van der Waals surface area contributed by atoms with E-state index in [4.69, 9.17) is 4.74 Å². The number of hydrogen-bond donors (Lipinski definition) is 1. The lowest BCUT2D eigenvalue weighted by molar-refractivity contribution is -0.126. The van der Waals surface area contributed by atoms with Crippen LogP contribution >= 0.6 is 0 Å². The monoisotopic (exact) mass is 200 g/mol. The van der Waals surface area contributed by atoms with Crippen LogP contribution in [0, 0.1) is 0 Å². The van der Waals surface area contributed by atoms with E-state index in [1.807, 2.05) is 6.92 Å². The zero-order chi connectivity index (χ0) is 10.8. The van der Waals surface area contributed by atoms with E-state index in [1.165, 1.54) is 4.90 Å². The van der Waals surface area contributed by atoms with Gasteiger partial charge >= 0.3 is 6.03 Å². The Kier molecular flexibility index (Phi) is 3.10. The van der Waals surface area contributed by atoms with Gasteiger partial charge in [-0.1, -0.05) is 6.92 Å². The first-order chi connectivity index (χ1) is 6.50. The fourth-order valence-corrected chi connectivity index (χ4v) is 1.21. The topological polar surface area (TPSA) is 58.6 Å². The first-order valence-electron chi connectivity index (χ1n) is 4.71. The molecule has 3 amide bonds. The van der Waals surface area contributed by atoms with Crippen molar-refractivity contribution in [2.45, 2.75) is 32.7 Å². The maximum atomic E-state index is 11.3. The molecule has 1 rings (SSSR count). The summed E-state index contributed by atoms with van der Waals surface area (Å²) >= 11 is 0. The summed E-state index contributed by atoms with van der Waals surface area (Å²) in [6.45, 7) is 6.14. The van der Waals surface area contributed by atoms with Gasteiger partial charge in [-0.05, 0) is 20.3 Å². The van der Waals surface area contributed by atoms with Gasteiger partial charge in [0.05, 0.1) is 0 Å². The van der Waals surface area contributed by atoms with Gasteiger partial charge in [-0.2, -0.15) is 0 Å². The van der Waals surface area contributed by atoms with Gasteiger partial charge in [0.2, 0.25) is 0 Å². The largest absolute Gasteiger partial charge is 0.361 e. The molecule has 0 aromatic heterocycles. The van der Waals surface area contributed by atoms with Gasteiger partial charge < -0.3 is 4.74 Å². The van der Waals surface area contributed by atoms with Crippen molar-refractivity contribution in [3.05, 3.63) is 0 Å². The molecule has 0 atom stereocenters. The van der Waals surface area contributed by atoms with Crippen LogP contribution in [0.25, 0.3) is 0 Å². The Morgan fingerprint density at radius 3 is 2.50 bits per heavy atom. The minimum atomic E-state index is -0.801. The van der Waals surface area contributed by atoms with E-state index in [-0.39, 0.29) is 18.7 Å². The highest BCUT2D eigenvalue weighted by atomic mass is 16.5. The molecule has 1 heterocycles. The number of ether oxygens (including phenoxy) is 1. The Bertz CT molecular complexity index is 250. The maximum Gasteiger partial charge on any atom is 0.326 e. The Hall–Kier alpha value is -1.10. The minimum Gasteiger partial charge on any atom is -0.361 e. The molecule has 0 radical (unpaired) electrons. The van der Waals surface area contributed by atoms with Gasteiger partial charge in [-0.25, -0.2) is 4.79 Å². The molecule has 1 N–H and O–H groups in total. The van der Waals surface area contributed by atoms with Gasteiger partial charge in [0.25, 0.3) is 5.91 Å². The van der Waals surface area contributed by atoms with Crippen LogP contribution < -0.4 is 5.32 Å². The van der Waals surface area contributed by atoms with Crippen LogP contribution in [0.4, 0.5) is 4.79 Å². The summed E-state index contributed by atoms with van der Waals surface area (Å²) in [5.74, 6) is -0.275. The lowest BCUT2D eigenvalue weighted by Crippen LogP contribution is -2.45. The lowest BCUT2D eigenvalue weighted by Gasteiger charge is -2.27. The number of amides is 3. The second kappa shape index (κ2) is 3.96. The van der Waals surface area contributed by atoms with Crippen LogP contribution in [-0.4, -0.2) is 35.7 Å². The third-order valence-electron chi connectivity index (χ3n) is 2.26. The van der Waals surface area contributed by atoms with E-state index in [1.54, 1.807) is 13.8 Å². The van der Waals surface area contributed by atoms with Gasteiger partial charge in [-0.15, -0.1) is 0 Å². The number of hydrogen-bond acceptors (Lipinski definition) is 3. The van der Waals surface area contributed by atoms with Crippen LogP contribution in [-0.2, 0) is 9.53 Å². The van der Waals surface area contributed by atoms with Crippen molar-refractivity contribution >= 4 is 11.9 Å². The molecule has 5 heteroatoms. The molecule has 0 aromatic rings. The number of urea groups is 1. The van der Waals surface area contributed by atoms with Crippen molar-refractivity contribution in [1.82, 2.24) is 10.2 Å². The Morgan fingerprint density at radius 2 is 2.07 bits per heavy atom. The zero-order valence-corrected chi connectivity index (χ0v) is 8.79. The molecular weight excluding hydrogens is 184 g/mol. The molecule has 0 spiro atoms. The molecule has 0 aromatic carbocycles. The number of rotatable bonds is 4. The molecule has 0 aliphatic carbocycles. The van der Waals surface area contributed by atoms with Gasteiger partial charge in [0.1, 0.15) is 12.3 Å². The molecule has 14 heavy (non-hydrogen) atoms. The Balaban J connectivity index is 2.58. The predicted molar refractivity (Wildman–Crippen MR) is 50.6 cm³/mol. The molecule has 5 nitrogen and oxygen atoms in total. The third-order valence-corrected chi connectivity index (χ3v) is 2.26. The molecule has 0 saturated carbocycles. The number of nitrogens with zero attached hydrogens (tertiary/aromatic N) is 1. The summed E-state index contributed by atoms with van der Waals surface area (Å²) in [4.78, 5) is 24.0. The molecule has 80 valence electrons.